The quantitative estimate of drug-likeness (QED) is 0.496. The van der Waals surface area contributed by atoms with Crippen LogP contribution in [0.4, 0.5) is 11.4 Å². The summed E-state index contributed by atoms with van der Waals surface area (Å²) in [5, 5.41) is 35.9. The molecule has 0 aliphatic rings. The predicted octanol–water partition coefficient (Wildman–Crippen LogP) is 1.70. The molecule has 2 aromatic rings. The van der Waals surface area contributed by atoms with Gasteiger partial charge in [0.2, 0.25) is 5.82 Å². The van der Waals surface area contributed by atoms with Crippen LogP contribution >= 0.6 is 0 Å². The molecule has 0 aliphatic heterocycles. The highest BCUT2D eigenvalue weighted by atomic mass is 16.6. The van der Waals surface area contributed by atoms with Gasteiger partial charge in [-0.2, -0.15) is 10.5 Å². The average Bonchev–Trinajstić information content (AvgIpc) is 2.97. The van der Waals surface area contributed by atoms with E-state index in [2.05, 4.69) is 25.9 Å². The van der Waals surface area contributed by atoms with E-state index < -0.39 is 4.92 Å². The summed E-state index contributed by atoms with van der Waals surface area (Å²) in [7, 11) is 0. The third-order valence-electron chi connectivity index (χ3n) is 2.98. The lowest BCUT2D eigenvalue weighted by Gasteiger charge is -2.09. The standard InChI is InChI=1S/C12H11N7O2/c1-7-3-4-10(19(20)21)11(8(7)2)14-6-9(5-13)12-15-17-18-16-12/h3-4,6,14H,1-2H3,(H,15,16,17,18). The molecule has 2 rings (SSSR count). The Balaban J connectivity index is 2.42. The van der Waals surface area contributed by atoms with E-state index in [1.165, 1.54) is 12.3 Å². The molecule has 9 nitrogen and oxygen atoms in total. The van der Waals surface area contributed by atoms with Gasteiger partial charge < -0.3 is 5.32 Å². The normalized spacial score (nSPS) is 11.0. The van der Waals surface area contributed by atoms with Crippen molar-refractivity contribution in [3.05, 3.63) is 45.4 Å². The lowest BCUT2D eigenvalue weighted by molar-refractivity contribution is -0.384. The molecule has 0 saturated carbocycles. The first-order valence-corrected chi connectivity index (χ1v) is 5.89. The highest BCUT2D eigenvalue weighted by molar-refractivity contribution is 5.77. The highest BCUT2D eigenvalue weighted by Crippen LogP contribution is 2.30. The molecule has 0 aliphatic carbocycles. The SMILES string of the molecule is Cc1ccc([N+](=O)[O-])c(NC=C(C#N)c2nn[nH]n2)c1C. The minimum atomic E-state index is -0.483. The second kappa shape index (κ2) is 5.79. The van der Waals surface area contributed by atoms with Crippen LogP contribution in [0.3, 0.4) is 0 Å². The van der Waals surface area contributed by atoms with Crippen molar-refractivity contribution in [3.8, 4) is 6.07 Å². The number of nitro benzene ring substituents is 1. The number of hydrogen-bond acceptors (Lipinski definition) is 7. The van der Waals surface area contributed by atoms with Gasteiger partial charge in [-0.15, -0.1) is 10.2 Å². The van der Waals surface area contributed by atoms with Crippen LogP contribution in [0, 0.1) is 35.3 Å². The van der Waals surface area contributed by atoms with Crippen molar-refractivity contribution < 1.29 is 4.92 Å². The van der Waals surface area contributed by atoms with Gasteiger partial charge in [0.1, 0.15) is 17.3 Å². The summed E-state index contributed by atoms with van der Waals surface area (Å²) in [5.74, 6) is 0.109. The van der Waals surface area contributed by atoms with Crippen molar-refractivity contribution >= 4 is 16.9 Å². The Kier molecular flexibility index (Phi) is 3.90. The Morgan fingerprint density at radius 2 is 2.29 bits per heavy atom. The zero-order valence-electron chi connectivity index (χ0n) is 11.3. The van der Waals surface area contributed by atoms with Crippen LogP contribution < -0.4 is 5.32 Å². The molecule has 0 unspecified atom stereocenters. The van der Waals surface area contributed by atoms with E-state index in [4.69, 9.17) is 5.26 Å². The molecule has 0 bridgehead atoms. The predicted molar refractivity (Wildman–Crippen MR) is 74.0 cm³/mol. The van der Waals surface area contributed by atoms with Gasteiger partial charge in [0.15, 0.2) is 0 Å². The lowest BCUT2D eigenvalue weighted by Crippen LogP contribution is -2.01. The summed E-state index contributed by atoms with van der Waals surface area (Å²) < 4.78 is 0. The summed E-state index contributed by atoms with van der Waals surface area (Å²) in [4.78, 5) is 10.6. The second-order valence-electron chi connectivity index (χ2n) is 4.21. The van der Waals surface area contributed by atoms with Crippen molar-refractivity contribution in [2.24, 2.45) is 0 Å². The molecule has 0 saturated heterocycles. The fourth-order valence-electron chi connectivity index (χ4n) is 1.70. The third-order valence-corrected chi connectivity index (χ3v) is 2.98. The van der Waals surface area contributed by atoms with E-state index in [0.29, 0.717) is 5.69 Å². The number of aromatic amines is 1. The molecule has 1 heterocycles. The van der Waals surface area contributed by atoms with Gasteiger partial charge in [-0.1, -0.05) is 6.07 Å². The molecule has 0 radical (unpaired) electrons. The molecular weight excluding hydrogens is 274 g/mol. The van der Waals surface area contributed by atoms with Crippen LogP contribution in [-0.2, 0) is 0 Å². The molecule has 1 aromatic heterocycles. The van der Waals surface area contributed by atoms with Gasteiger partial charge in [0.05, 0.1) is 4.92 Å². The molecule has 106 valence electrons. The van der Waals surface area contributed by atoms with Crippen LogP contribution in [-0.4, -0.2) is 25.5 Å². The van der Waals surface area contributed by atoms with E-state index in [1.54, 1.807) is 13.0 Å². The zero-order valence-corrected chi connectivity index (χ0v) is 11.3. The van der Waals surface area contributed by atoms with Crippen LogP contribution in [0.25, 0.3) is 5.57 Å². The van der Waals surface area contributed by atoms with E-state index in [9.17, 15) is 10.1 Å². The van der Waals surface area contributed by atoms with Crippen LogP contribution in [0.2, 0.25) is 0 Å². The van der Waals surface area contributed by atoms with Gasteiger partial charge in [0, 0.05) is 12.3 Å². The molecule has 0 atom stereocenters. The smallest absolute Gasteiger partial charge is 0.292 e. The monoisotopic (exact) mass is 285 g/mol. The number of nitrogens with zero attached hydrogens (tertiary/aromatic N) is 5. The zero-order chi connectivity index (χ0) is 15.4. The molecular formula is C12H11N7O2. The summed E-state index contributed by atoms with van der Waals surface area (Å²) >= 11 is 0. The maximum atomic E-state index is 11.1. The molecule has 0 fully saturated rings. The molecule has 9 heteroatoms. The average molecular weight is 285 g/mol. The number of anilines is 1. The van der Waals surface area contributed by atoms with E-state index in [0.717, 1.165) is 11.1 Å². The number of H-pyrrole nitrogens is 1. The fraction of sp³-hybridized carbons (Fsp3) is 0.167. The molecule has 1 aromatic carbocycles. The van der Waals surface area contributed by atoms with Crippen LogP contribution in [0.15, 0.2) is 18.3 Å². The van der Waals surface area contributed by atoms with Crippen molar-refractivity contribution in [1.82, 2.24) is 20.6 Å². The number of aryl methyl sites for hydroxylation is 1. The summed E-state index contributed by atoms with van der Waals surface area (Å²) in [6.07, 6.45) is 1.32. The highest BCUT2D eigenvalue weighted by Gasteiger charge is 2.17. The number of tetrazole rings is 1. The van der Waals surface area contributed by atoms with E-state index in [-0.39, 0.29) is 17.1 Å². The van der Waals surface area contributed by atoms with E-state index in [1.807, 2.05) is 13.0 Å². The van der Waals surface area contributed by atoms with Crippen molar-refractivity contribution in [3.63, 3.8) is 0 Å². The van der Waals surface area contributed by atoms with E-state index >= 15 is 0 Å². The molecule has 21 heavy (non-hydrogen) atoms. The molecule has 0 spiro atoms. The van der Waals surface area contributed by atoms with Crippen LogP contribution in [0.5, 0.6) is 0 Å². The number of nitrogens with one attached hydrogen (secondary N) is 2. The second-order valence-corrected chi connectivity index (χ2v) is 4.21. The van der Waals surface area contributed by atoms with Gasteiger partial charge in [-0.25, -0.2) is 0 Å². The summed E-state index contributed by atoms with van der Waals surface area (Å²) in [5.41, 5.74) is 2.00. The van der Waals surface area contributed by atoms with Gasteiger partial charge in [-0.05, 0) is 30.2 Å². The van der Waals surface area contributed by atoms with Crippen molar-refractivity contribution in [1.29, 1.82) is 5.26 Å². The Bertz CT molecular complexity index is 744. The minimum Gasteiger partial charge on any atom is -0.354 e. The maximum Gasteiger partial charge on any atom is 0.292 e. The number of nitro groups is 1. The minimum absolute atomic E-state index is 0.0697. The number of rotatable bonds is 4. The van der Waals surface area contributed by atoms with Gasteiger partial charge >= 0.3 is 0 Å². The first-order valence-electron chi connectivity index (χ1n) is 5.89. The summed E-state index contributed by atoms with van der Waals surface area (Å²) in [6, 6.07) is 4.99. The number of aromatic nitrogens is 4. The fourth-order valence-corrected chi connectivity index (χ4v) is 1.70. The van der Waals surface area contributed by atoms with Crippen molar-refractivity contribution in [2.75, 3.05) is 5.32 Å². The Labute approximate surface area is 119 Å². The van der Waals surface area contributed by atoms with Crippen molar-refractivity contribution in [2.45, 2.75) is 13.8 Å². The Hall–Kier alpha value is -3.28. The van der Waals surface area contributed by atoms with Gasteiger partial charge in [-0.3, -0.25) is 10.1 Å². The first-order chi connectivity index (χ1) is 10.0. The Morgan fingerprint density at radius 3 is 2.86 bits per heavy atom. The Morgan fingerprint density at radius 1 is 1.52 bits per heavy atom. The topological polar surface area (TPSA) is 133 Å². The number of hydrogen-bond donors (Lipinski definition) is 2. The number of benzene rings is 1. The molecule has 0 amide bonds. The number of nitriles is 1. The third kappa shape index (κ3) is 2.84. The van der Waals surface area contributed by atoms with Gasteiger partial charge in [0.25, 0.3) is 5.69 Å². The molecule has 2 N–H and O–H groups in total. The largest absolute Gasteiger partial charge is 0.354 e. The maximum absolute atomic E-state index is 11.1. The van der Waals surface area contributed by atoms with Crippen LogP contribution in [0.1, 0.15) is 17.0 Å². The number of allylic oxidation sites excluding steroid dienone is 1. The summed E-state index contributed by atoms with van der Waals surface area (Å²) in [6.45, 7) is 3.61. The lowest BCUT2D eigenvalue weighted by atomic mass is 10.1. The first kappa shape index (κ1) is 14.1.